The topological polar surface area (TPSA) is 53.6 Å². The fourth-order valence-electron chi connectivity index (χ4n) is 2.68. The smallest absolute Gasteiger partial charge is 0.407 e. The van der Waals surface area contributed by atoms with E-state index < -0.39 is 11.7 Å². The summed E-state index contributed by atoms with van der Waals surface area (Å²) in [5, 5.41) is 5.72. The van der Waals surface area contributed by atoms with E-state index in [1.807, 2.05) is 31.7 Å². The lowest BCUT2D eigenvalue weighted by molar-refractivity contribution is 0.0520. The molecule has 0 bridgehead atoms. The summed E-state index contributed by atoms with van der Waals surface area (Å²) < 4.78 is 19.4. The van der Waals surface area contributed by atoms with Crippen molar-refractivity contribution in [2.45, 2.75) is 32.8 Å². The van der Waals surface area contributed by atoms with E-state index in [9.17, 15) is 9.18 Å². The Labute approximate surface area is 137 Å². The molecule has 1 heterocycles. The molecule has 0 spiro atoms. The molecule has 1 atom stereocenters. The van der Waals surface area contributed by atoms with E-state index in [4.69, 9.17) is 4.74 Å². The van der Waals surface area contributed by atoms with Gasteiger partial charge in [-0.05, 0) is 51.3 Å². The lowest BCUT2D eigenvalue weighted by Gasteiger charge is -2.21. The van der Waals surface area contributed by atoms with E-state index in [-0.39, 0.29) is 5.82 Å². The van der Waals surface area contributed by atoms with Crippen LogP contribution in [-0.2, 0) is 4.74 Å². The van der Waals surface area contributed by atoms with Gasteiger partial charge in [-0.25, -0.2) is 9.18 Å². The first-order valence-electron chi connectivity index (χ1n) is 7.97. The Bertz CT molecular complexity index is 557. The second kappa shape index (κ2) is 7.06. The number of hydrogen-bond acceptors (Lipinski definition) is 4. The van der Waals surface area contributed by atoms with Crippen LogP contribution in [0.5, 0.6) is 0 Å². The quantitative estimate of drug-likeness (QED) is 0.893. The van der Waals surface area contributed by atoms with E-state index in [1.165, 1.54) is 6.07 Å². The Kier molecular flexibility index (Phi) is 5.34. The molecule has 1 aromatic carbocycles. The van der Waals surface area contributed by atoms with Crippen molar-refractivity contribution in [2.24, 2.45) is 5.92 Å². The maximum absolute atomic E-state index is 14.1. The van der Waals surface area contributed by atoms with Gasteiger partial charge in [-0.15, -0.1) is 0 Å². The highest BCUT2D eigenvalue weighted by Gasteiger charge is 2.25. The van der Waals surface area contributed by atoms with Gasteiger partial charge in [0.25, 0.3) is 0 Å². The molecule has 5 nitrogen and oxygen atoms in total. The molecule has 0 aliphatic carbocycles. The average molecular weight is 323 g/mol. The van der Waals surface area contributed by atoms with Crippen molar-refractivity contribution in [1.82, 2.24) is 5.32 Å². The number of benzene rings is 1. The minimum atomic E-state index is -0.496. The molecular weight excluding hydrogens is 297 g/mol. The number of anilines is 2. The fourth-order valence-corrected chi connectivity index (χ4v) is 2.68. The van der Waals surface area contributed by atoms with Gasteiger partial charge in [0.1, 0.15) is 11.4 Å². The maximum Gasteiger partial charge on any atom is 0.407 e. The number of halogens is 1. The number of rotatable bonds is 4. The lowest BCUT2D eigenvalue weighted by Crippen LogP contribution is -2.36. The molecule has 1 fully saturated rings. The van der Waals surface area contributed by atoms with E-state index in [0.717, 1.165) is 25.2 Å². The number of carbonyl (C=O) groups excluding carboxylic acids is 1. The normalized spacial score (nSPS) is 18.0. The molecule has 6 heteroatoms. The summed E-state index contributed by atoms with van der Waals surface area (Å²) in [7, 11) is 1.77. The van der Waals surface area contributed by atoms with E-state index in [2.05, 4.69) is 10.6 Å². The summed E-state index contributed by atoms with van der Waals surface area (Å²) in [4.78, 5) is 13.7. The third-order valence-electron chi connectivity index (χ3n) is 3.80. The van der Waals surface area contributed by atoms with Crippen molar-refractivity contribution in [3.05, 3.63) is 24.0 Å². The molecule has 0 aromatic heterocycles. The monoisotopic (exact) mass is 323 g/mol. The van der Waals surface area contributed by atoms with Crippen molar-refractivity contribution in [3.63, 3.8) is 0 Å². The Morgan fingerprint density at radius 2 is 2.17 bits per heavy atom. The van der Waals surface area contributed by atoms with Gasteiger partial charge in [0.15, 0.2) is 0 Å². The van der Waals surface area contributed by atoms with Gasteiger partial charge in [-0.1, -0.05) is 0 Å². The Balaban J connectivity index is 1.85. The molecule has 1 aliphatic rings. The van der Waals surface area contributed by atoms with Crippen LogP contribution in [0.1, 0.15) is 27.2 Å². The number of amides is 1. The minimum Gasteiger partial charge on any atom is -0.444 e. The zero-order valence-electron chi connectivity index (χ0n) is 14.3. The summed E-state index contributed by atoms with van der Waals surface area (Å²) in [6, 6.07) is 5.16. The van der Waals surface area contributed by atoms with Gasteiger partial charge >= 0.3 is 6.09 Å². The van der Waals surface area contributed by atoms with Crippen LogP contribution in [0.3, 0.4) is 0 Å². The molecule has 0 radical (unpaired) electrons. The second-order valence-electron chi connectivity index (χ2n) is 6.90. The van der Waals surface area contributed by atoms with Crippen molar-refractivity contribution in [1.29, 1.82) is 0 Å². The van der Waals surface area contributed by atoms with Crippen LogP contribution in [0.4, 0.5) is 20.6 Å². The Hall–Kier alpha value is -1.98. The van der Waals surface area contributed by atoms with Gasteiger partial charge < -0.3 is 20.3 Å². The summed E-state index contributed by atoms with van der Waals surface area (Å²) in [6.07, 6.45) is 0.517. The van der Waals surface area contributed by atoms with Crippen LogP contribution in [0.15, 0.2) is 18.2 Å². The highest BCUT2D eigenvalue weighted by Crippen LogP contribution is 2.28. The molecule has 2 N–H and O–H groups in total. The molecule has 23 heavy (non-hydrogen) atoms. The third-order valence-corrected chi connectivity index (χ3v) is 3.80. The van der Waals surface area contributed by atoms with Crippen molar-refractivity contribution >= 4 is 17.5 Å². The first-order valence-corrected chi connectivity index (χ1v) is 7.97. The maximum atomic E-state index is 14.1. The van der Waals surface area contributed by atoms with Gasteiger partial charge in [0.05, 0.1) is 5.69 Å². The zero-order valence-corrected chi connectivity index (χ0v) is 14.3. The average Bonchev–Trinajstić information content (AvgIpc) is 2.91. The van der Waals surface area contributed by atoms with Crippen LogP contribution in [-0.4, -0.2) is 38.4 Å². The summed E-state index contributed by atoms with van der Waals surface area (Å²) >= 11 is 0. The number of alkyl carbamates (subject to hydrolysis) is 1. The third kappa shape index (κ3) is 5.01. The highest BCUT2D eigenvalue weighted by molar-refractivity contribution is 5.67. The summed E-state index contributed by atoms with van der Waals surface area (Å²) in [5.74, 6) is 0.0727. The molecule has 1 unspecified atom stereocenters. The highest BCUT2D eigenvalue weighted by atomic mass is 19.1. The van der Waals surface area contributed by atoms with Crippen molar-refractivity contribution in [2.75, 3.05) is 36.9 Å². The SMILES string of the molecule is CNc1ccc(N2CCC(CNC(=O)OC(C)(C)C)C2)c(F)c1. The first kappa shape index (κ1) is 17.4. The molecule has 128 valence electrons. The summed E-state index contributed by atoms with van der Waals surface area (Å²) in [5.41, 5.74) is 0.877. The van der Waals surface area contributed by atoms with Crippen LogP contribution >= 0.6 is 0 Å². The van der Waals surface area contributed by atoms with Gasteiger partial charge in [0, 0.05) is 32.4 Å². The van der Waals surface area contributed by atoms with Crippen LogP contribution < -0.4 is 15.5 Å². The molecule has 1 aliphatic heterocycles. The van der Waals surface area contributed by atoms with Crippen molar-refractivity contribution in [3.8, 4) is 0 Å². The van der Waals surface area contributed by atoms with E-state index in [0.29, 0.717) is 18.2 Å². The largest absolute Gasteiger partial charge is 0.444 e. The van der Waals surface area contributed by atoms with E-state index >= 15 is 0 Å². The number of nitrogens with zero attached hydrogens (tertiary/aromatic N) is 1. The van der Waals surface area contributed by atoms with Crippen LogP contribution in [0, 0.1) is 11.7 Å². The van der Waals surface area contributed by atoms with E-state index in [1.54, 1.807) is 13.1 Å². The molecule has 1 aromatic rings. The standard InChI is InChI=1S/C17H26FN3O2/c1-17(2,3)23-16(22)20-10-12-7-8-21(11-12)15-6-5-13(19-4)9-14(15)18/h5-6,9,12,19H,7-8,10-11H2,1-4H3,(H,20,22). The summed E-state index contributed by atoms with van der Waals surface area (Å²) in [6.45, 7) is 7.56. The van der Waals surface area contributed by atoms with Crippen molar-refractivity contribution < 1.29 is 13.9 Å². The van der Waals surface area contributed by atoms with Gasteiger partial charge in [-0.2, -0.15) is 0 Å². The number of hydrogen-bond donors (Lipinski definition) is 2. The predicted molar refractivity (Wildman–Crippen MR) is 90.5 cm³/mol. The number of ether oxygens (including phenoxy) is 1. The molecule has 1 saturated heterocycles. The number of carbonyl (C=O) groups is 1. The zero-order chi connectivity index (χ0) is 17.0. The predicted octanol–water partition coefficient (Wildman–Crippen LogP) is 3.22. The fraction of sp³-hybridized carbons (Fsp3) is 0.588. The Morgan fingerprint density at radius 3 is 2.78 bits per heavy atom. The number of nitrogens with one attached hydrogen (secondary N) is 2. The van der Waals surface area contributed by atoms with Gasteiger partial charge in [0.2, 0.25) is 0 Å². The molecule has 0 saturated carbocycles. The first-order chi connectivity index (χ1) is 10.8. The molecule has 1 amide bonds. The molecular formula is C17H26FN3O2. The van der Waals surface area contributed by atoms with Crippen LogP contribution in [0.25, 0.3) is 0 Å². The molecule has 2 rings (SSSR count). The van der Waals surface area contributed by atoms with Gasteiger partial charge in [-0.3, -0.25) is 0 Å². The van der Waals surface area contributed by atoms with Crippen LogP contribution in [0.2, 0.25) is 0 Å². The lowest BCUT2D eigenvalue weighted by atomic mass is 10.1. The second-order valence-corrected chi connectivity index (χ2v) is 6.90. The Morgan fingerprint density at radius 1 is 1.43 bits per heavy atom. The minimum absolute atomic E-state index is 0.224.